The molecule has 32 heavy (non-hydrogen) atoms. The van der Waals surface area contributed by atoms with Crippen LogP contribution in [0.5, 0.6) is 5.75 Å². The maximum Gasteiger partial charge on any atom is 0.201 e. The number of rotatable bonds is 3. The number of aryl methyl sites for hydroxylation is 1. The molecular formula is C23H28N8O. The minimum Gasteiger partial charge on any atom is -0.507 e. The molecule has 1 saturated heterocycles. The van der Waals surface area contributed by atoms with Gasteiger partial charge >= 0.3 is 0 Å². The summed E-state index contributed by atoms with van der Waals surface area (Å²) in [5.74, 6) is 0.131. The number of nitrogens with zero attached hydrogens (tertiary/aromatic N) is 6. The van der Waals surface area contributed by atoms with Crippen LogP contribution in [-0.2, 0) is 0 Å². The standard InChI is InChI=1S/C23H28N8O/c1-13-17(12-24-25-13)14-6-7-16(20(32)8-14)18-9-19-21(28-26-18)31(30-27-19)15-10-22(2,3)29-23(4,5)11-15/h6-9,12,15,29,32H,10-11H2,1-5H3,(H,24,25). The van der Waals surface area contributed by atoms with Crippen molar-refractivity contribution < 1.29 is 5.11 Å². The molecule has 0 atom stereocenters. The predicted molar refractivity (Wildman–Crippen MR) is 122 cm³/mol. The number of aromatic nitrogens is 7. The highest BCUT2D eigenvalue weighted by Gasteiger charge is 2.39. The van der Waals surface area contributed by atoms with Gasteiger partial charge in [-0.25, -0.2) is 4.68 Å². The number of aromatic hydroxyl groups is 1. The van der Waals surface area contributed by atoms with Crippen LogP contribution < -0.4 is 5.32 Å². The van der Waals surface area contributed by atoms with E-state index in [-0.39, 0.29) is 22.9 Å². The quantitative estimate of drug-likeness (QED) is 0.451. The van der Waals surface area contributed by atoms with Crippen LogP contribution in [0.3, 0.4) is 0 Å². The minimum atomic E-state index is -0.0149. The van der Waals surface area contributed by atoms with E-state index in [4.69, 9.17) is 0 Å². The van der Waals surface area contributed by atoms with Crippen LogP contribution in [0, 0.1) is 6.92 Å². The topological polar surface area (TPSA) is 117 Å². The van der Waals surface area contributed by atoms with Crippen molar-refractivity contribution in [2.75, 3.05) is 0 Å². The van der Waals surface area contributed by atoms with Crippen LogP contribution in [0.1, 0.15) is 52.3 Å². The Morgan fingerprint density at radius 2 is 1.75 bits per heavy atom. The molecule has 166 valence electrons. The first-order chi connectivity index (χ1) is 15.1. The van der Waals surface area contributed by atoms with E-state index < -0.39 is 0 Å². The lowest BCUT2D eigenvalue weighted by atomic mass is 9.80. The molecule has 0 aliphatic carbocycles. The molecule has 3 N–H and O–H groups in total. The van der Waals surface area contributed by atoms with Gasteiger partial charge in [0.05, 0.1) is 17.9 Å². The summed E-state index contributed by atoms with van der Waals surface area (Å²) in [4.78, 5) is 0. The van der Waals surface area contributed by atoms with Crippen molar-refractivity contribution in [1.29, 1.82) is 0 Å². The molecule has 9 nitrogen and oxygen atoms in total. The SMILES string of the molecule is Cc1[nH]ncc1-c1ccc(-c2cc3nnn(C4CC(C)(C)NC(C)(C)C4)c3nn2)c(O)c1. The summed E-state index contributed by atoms with van der Waals surface area (Å²) in [5, 5.41) is 39.0. The summed E-state index contributed by atoms with van der Waals surface area (Å²) in [6.45, 7) is 10.8. The molecule has 0 unspecified atom stereocenters. The fourth-order valence-corrected chi connectivity index (χ4v) is 5.13. The number of fused-ring (bicyclic) bond motifs is 1. The third-order valence-corrected chi connectivity index (χ3v) is 6.15. The summed E-state index contributed by atoms with van der Waals surface area (Å²) in [6.07, 6.45) is 3.60. The number of H-pyrrole nitrogens is 1. The molecule has 0 saturated carbocycles. The molecule has 1 aliphatic heterocycles. The van der Waals surface area contributed by atoms with E-state index in [9.17, 15) is 5.11 Å². The van der Waals surface area contributed by atoms with E-state index in [1.54, 1.807) is 12.3 Å². The number of benzene rings is 1. The van der Waals surface area contributed by atoms with Gasteiger partial charge < -0.3 is 10.4 Å². The summed E-state index contributed by atoms with van der Waals surface area (Å²) < 4.78 is 1.90. The molecule has 1 aromatic carbocycles. The second-order valence-electron chi connectivity index (χ2n) is 10.1. The van der Waals surface area contributed by atoms with Crippen LogP contribution in [0.15, 0.2) is 30.5 Å². The second kappa shape index (κ2) is 7.09. The monoisotopic (exact) mass is 432 g/mol. The zero-order chi connectivity index (χ0) is 22.7. The van der Waals surface area contributed by atoms with Gasteiger partial charge in [-0.2, -0.15) is 5.10 Å². The van der Waals surface area contributed by atoms with Crippen molar-refractivity contribution in [3.05, 3.63) is 36.2 Å². The van der Waals surface area contributed by atoms with Gasteiger partial charge in [-0.15, -0.1) is 15.3 Å². The molecule has 3 aromatic heterocycles. The highest BCUT2D eigenvalue weighted by atomic mass is 16.3. The maximum absolute atomic E-state index is 10.7. The number of phenols is 1. The molecule has 0 bridgehead atoms. The first-order valence-electron chi connectivity index (χ1n) is 10.8. The van der Waals surface area contributed by atoms with Gasteiger partial charge in [-0.3, -0.25) is 5.10 Å². The van der Waals surface area contributed by atoms with E-state index in [2.05, 4.69) is 63.7 Å². The highest BCUT2D eigenvalue weighted by molar-refractivity contribution is 5.79. The van der Waals surface area contributed by atoms with Crippen LogP contribution in [0.2, 0.25) is 0 Å². The van der Waals surface area contributed by atoms with Gasteiger partial charge in [0, 0.05) is 27.9 Å². The van der Waals surface area contributed by atoms with Crippen LogP contribution >= 0.6 is 0 Å². The lowest BCUT2D eigenvalue weighted by Gasteiger charge is -2.46. The first-order valence-corrected chi connectivity index (χ1v) is 10.8. The fraction of sp³-hybridized carbons (Fsp3) is 0.435. The third-order valence-electron chi connectivity index (χ3n) is 6.15. The fourth-order valence-electron chi connectivity index (χ4n) is 5.13. The maximum atomic E-state index is 10.7. The number of hydrogen-bond acceptors (Lipinski definition) is 7. The van der Waals surface area contributed by atoms with E-state index in [0.29, 0.717) is 22.4 Å². The average Bonchev–Trinajstić information content (AvgIpc) is 3.31. The Bertz CT molecular complexity index is 1290. The normalized spacial score (nSPS) is 18.3. The summed E-state index contributed by atoms with van der Waals surface area (Å²) in [5.41, 5.74) is 5.23. The van der Waals surface area contributed by atoms with Crippen molar-refractivity contribution in [3.63, 3.8) is 0 Å². The molecule has 4 aromatic rings. The zero-order valence-corrected chi connectivity index (χ0v) is 19.0. The van der Waals surface area contributed by atoms with Crippen LogP contribution in [-0.4, -0.2) is 51.6 Å². The molecule has 5 rings (SSSR count). The van der Waals surface area contributed by atoms with Crippen molar-refractivity contribution in [1.82, 2.24) is 40.7 Å². The van der Waals surface area contributed by atoms with E-state index >= 15 is 0 Å². The number of aromatic amines is 1. The Balaban J connectivity index is 1.49. The highest BCUT2D eigenvalue weighted by Crippen LogP contribution is 2.37. The smallest absolute Gasteiger partial charge is 0.201 e. The Morgan fingerprint density at radius 3 is 2.41 bits per heavy atom. The van der Waals surface area contributed by atoms with E-state index in [1.165, 1.54) is 0 Å². The molecule has 1 fully saturated rings. The molecule has 0 amide bonds. The number of phenolic OH excluding ortho intramolecular Hbond substituents is 1. The van der Waals surface area contributed by atoms with E-state index in [1.807, 2.05) is 29.8 Å². The molecule has 1 aliphatic rings. The van der Waals surface area contributed by atoms with Gasteiger partial charge in [0.1, 0.15) is 11.3 Å². The second-order valence-corrected chi connectivity index (χ2v) is 10.1. The van der Waals surface area contributed by atoms with Gasteiger partial charge in [-0.05, 0) is 71.2 Å². The Morgan fingerprint density at radius 1 is 1.00 bits per heavy atom. The first kappa shape index (κ1) is 20.6. The molecule has 9 heteroatoms. The summed E-state index contributed by atoms with van der Waals surface area (Å²) in [6, 6.07) is 7.51. The predicted octanol–water partition coefficient (Wildman–Crippen LogP) is 3.77. The number of piperidine rings is 1. The molecule has 0 spiro atoms. The molecule has 4 heterocycles. The number of nitrogens with one attached hydrogen (secondary N) is 2. The van der Waals surface area contributed by atoms with Gasteiger partial charge in [0.2, 0.25) is 5.65 Å². The zero-order valence-electron chi connectivity index (χ0n) is 19.0. The van der Waals surface area contributed by atoms with Gasteiger partial charge in [-0.1, -0.05) is 11.3 Å². The summed E-state index contributed by atoms with van der Waals surface area (Å²) >= 11 is 0. The third kappa shape index (κ3) is 3.62. The largest absolute Gasteiger partial charge is 0.507 e. The lowest BCUT2D eigenvalue weighted by molar-refractivity contribution is 0.127. The van der Waals surface area contributed by atoms with Crippen molar-refractivity contribution >= 4 is 11.2 Å². The van der Waals surface area contributed by atoms with Crippen molar-refractivity contribution in [2.24, 2.45) is 0 Å². The van der Waals surface area contributed by atoms with Crippen LogP contribution in [0.4, 0.5) is 0 Å². The Labute approximate surface area is 186 Å². The number of hydrogen-bond donors (Lipinski definition) is 3. The van der Waals surface area contributed by atoms with Crippen molar-refractivity contribution in [2.45, 2.75) is 64.6 Å². The van der Waals surface area contributed by atoms with Gasteiger partial charge in [0.25, 0.3) is 0 Å². The summed E-state index contributed by atoms with van der Waals surface area (Å²) in [7, 11) is 0. The molecular weight excluding hydrogens is 404 g/mol. The van der Waals surface area contributed by atoms with E-state index in [0.717, 1.165) is 29.7 Å². The average molecular weight is 433 g/mol. The van der Waals surface area contributed by atoms with Gasteiger partial charge in [0.15, 0.2) is 0 Å². The Kier molecular flexibility index (Phi) is 4.56. The van der Waals surface area contributed by atoms with Crippen molar-refractivity contribution in [3.8, 4) is 28.1 Å². The minimum absolute atomic E-state index is 0.0149. The Hall–Kier alpha value is -3.33. The lowest BCUT2D eigenvalue weighted by Crippen LogP contribution is -2.58. The van der Waals surface area contributed by atoms with Crippen LogP contribution in [0.25, 0.3) is 33.5 Å². The molecule has 0 radical (unpaired) electrons.